The second kappa shape index (κ2) is 8.94. The Morgan fingerprint density at radius 1 is 1.32 bits per heavy atom. The average molecular weight is 425 g/mol. The van der Waals surface area contributed by atoms with Crippen LogP contribution in [-0.2, 0) is 4.79 Å². The van der Waals surface area contributed by atoms with Crippen molar-refractivity contribution in [1.82, 2.24) is 5.27 Å². The van der Waals surface area contributed by atoms with Gasteiger partial charge in [0, 0.05) is 30.0 Å². The highest BCUT2D eigenvalue weighted by Crippen LogP contribution is 2.20. The first-order valence-corrected chi connectivity index (χ1v) is 9.50. The number of anilines is 1. The molecule has 28 heavy (non-hydrogen) atoms. The number of nitrogens with zero attached hydrogens (tertiary/aromatic N) is 1. The third kappa shape index (κ3) is 4.73. The number of halogens is 2. The molecule has 0 atom stereocenters. The maximum absolute atomic E-state index is 13.2. The van der Waals surface area contributed by atoms with Crippen LogP contribution in [0.25, 0.3) is 5.69 Å². The highest BCUT2D eigenvalue weighted by atomic mass is 35.5. The van der Waals surface area contributed by atoms with E-state index in [0.717, 1.165) is 0 Å². The summed E-state index contributed by atoms with van der Waals surface area (Å²) in [5.41, 5.74) is 0.543. The van der Waals surface area contributed by atoms with Gasteiger partial charge in [0.25, 0.3) is 0 Å². The lowest BCUT2D eigenvalue weighted by molar-refractivity contribution is -0.704. The van der Waals surface area contributed by atoms with E-state index in [4.69, 9.17) is 20.9 Å². The lowest BCUT2D eigenvalue weighted by Crippen LogP contribution is -2.36. The van der Waals surface area contributed by atoms with Gasteiger partial charge in [-0.3, -0.25) is 9.32 Å². The third-order valence-electron chi connectivity index (χ3n) is 3.71. The van der Waals surface area contributed by atoms with Gasteiger partial charge in [-0.2, -0.15) is 0 Å². The van der Waals surface area contributed by atoms with Crippen LogP contribution in [-0.4, -0.2) is 24.0 Å². The highest BCUT2D eigenvalue weighted by molar-refractivity contribution is 7.99. The van der Waals surface area contributed by atoms with Crippen LogP contribution < -0.4 is 20.4 Å². The van der Waals surface area contributed by atoms with Gasteiger partial charge in [0.1, 0.15) is 11.6 Å². The third-order valence-corrected chi connectivity index (χ3v) is 5.03. The molecule has 3 aromatic rings. The summed E-state index contributed by atoms with van der Waals surface area (Å²) in [5.74, 6) is 0.171. The van der Waals surface area contributed by atoms with Gasteiger partial charge >= 0.3 is 10.7 Å². The summed E-state index contributed by atoms with van der Waals surface area (Å²) in [6.07, 6.45) is 0.132. The standard InChI is InChI=1S/C18H15ClFN3O4S/c1-26-13-5-3-12(4-6-13)23-17(18(25)27-22-23)28-9-8-16(24)21-11-2-7-15(20)14(19)10-11/h2-7,10H,8-9H2,1H3,(H-,21,22,24,25)/p+1. The average Bonchev–Trinajstić information content (AvgIpc) is 3.05. The van der Waals surface area contributed by atoms with Crippen LogP contribution in [0.3, 0.4) is 0 Å². The molecule has 2 N–H and O–H groups in total. The highest BCUT2D eigenvalue weighted by Gasteiger charge is 2.24. The molecule has 0 spiro atoms. The molecule has 0 aliphatic heterocycles. The number of rotatable bonds is 7. The number of aromatic amines is 1. The number of aromatic nitrogens is 2. The summed E-state index contributed by atoms with van der Waals surface area (Å²) in [5, 5.41) is 5.40. The van der Waals surface area contributed by atoms with Gasteiger partial charge in [-0.1, -0.05) is 11.6 Å². The van der Waals surface area contributed by atoms with Gasteiger partial charge in [0.15, 0.2) is 0 Å². The van der Waals surface area contributed by atoms with Crippen LogP contribution in [0.15, 0.2) is 56.8 Å². The molecule has 0 fully saturated rings. The van der Waals surface area contributed by atoms with Crippen LogP contribution >= 0.6 is 23.4 Å². The monoisotopic (exact) mass is 424 g/mol. The lowest BCUT2D eigenvalue weighted by atomic mass is 10.3. The SMILES string of the molecule is COc1ccc(-[n+]2[nH]oc(=O)c2SCCC(=O)Nc2ccc(F)c(Cl)c2)cc1. The van der Waals surface area contributed by atoms with Crippen molar-refractivity contribution >= 4 is 35.0 Å². The molecule has 1 aromatic heterocycles. The molecule has 0 aliphatic rings. The first-order chi connectivity index (χ1) is 13.5. The van der Waals surface area contributed by atoms with Crippen LogP contribution in [0.2, 0.25) is 5.02 Å². The number of methoxy groups -OCH3 is 1. The molecule has 146 valence electrons. The summed E-state index contributed by atoms with van der Waals surface area (Å²) >= 11 is 6.87. The van der Waals surface area contributed by atoms with E-state index in [1.807, 2.05) is 0 Å². The van der Waals surface area contributed by atoms with E-state index in [0.29, 0.717) is 27.9 Å². The second-order valence-corrected chi connectivity index (χ2v) is 7.09. The molecule has 2 aromatic carbocycles. The summed E-state index contributed by atoms with van der Waals surface area (Å²) in [6, 6.07) is 11.0. The Balaban J connectivity index is 1.61. The van der Waals surface area contributed by atoms with Crippen molar-refractivity contribution in [2.45, 2.75) is 11.4 Å². The number of benzene rings is 2. The lowest BCUT2D eigenvalue weighted by Gasteiger charge is -2.05. The minimum absolute atomic E-state index is 0.0716. The van der Waals surface area contributed by atoms with E-state index < -0.39 is 11.4 Å². The van der Waals surface area contributed by atoms with Crippen molar-refractivity contribution in [3.05, 3.63) is 63.7 Å². The normalized spacial score (nSPS) is 10.7. The molecule has 1 heterocycles. The minimum Gasteiger partial charge on any atom is -0.497 e. The van der Waals surface area contributed by atoms with Crippen LogP contribution in [0.4, 0.5) is 10.1 Å². The fourth-order valence-electron chi connectivity index (χ4n) is 2.33. The number of thioether (sulfide) groups is 1. The zero-order valence-electron chi connectivity index (χ0n) is 14.7. The zero-order valence-corrected chi connectivity index (χ0v) is 16.3. The largest absolute Gasteiger partial charge is 0.497 e. The Morgan fingerprint density at radius 2 is 2.07 bits per heavy atom. The van der Waals surface area contributed by atoms with Gasteiger partial charge in [-0.15, -0.1) is 0 Å². The van der Waals surface area contributed by atoms with E-state index in [1.54, 1.807) is 31.4 Å². The Hall–Kier alpha value is -2.78. The number of H-pyrrole nitrogens is 1. The molecule has 7 nitrogen and oxygen atoms in total. The predicted molar refractivity (Wildman–Crippen MR) is 103 cm³/mol. The van der Waals surface area contributed by atoms with Crippen molar-refractivity contribution in [2.75, 3.05) is 18.2 Å². The fraction of sp³-hybridized carbons (Fsp3) is 0.167. The molecular formula is C18H16ClFN3O4S+. The minimum atomic E-state index is -0.558. The molecule has 0 saturated heterocycles. The van der Waals surface area contributed by atoms with Crippen LogP contribution in [0, 0.1) is 5.82 Å². The summed E-state index contributed by atoms with van der Waals surface area (Å²) in [4.78, 5) is 24.0. The van der Waals surface area contributed by atoms with Crippen molar-refractivity contribution in [3.63, 3.8) is 0 Å². The van der Waals surface area contributed by atoms with Crippen LogP contribution in [0.5, 0.6) is 5.75 Å². The molecule has 0 unspecified atom stereocenters. The summed E-state index contributed by atoms with van der Waals surface area (Å²) < 4.78 is 24.6. The molecule has 10 heteroatoms. The van der Waals surface area contributed by atoms with Gasteiger partial charge in [-0.25, -0.2) is 9.18 Å². The van der Waals surface area contributed by atoms with Gasteiger partial charge in [0.2, 0.25) is 11.6 Å². The van der Waals surface area contributed by atoms with Gasteiger partial charge < -0.3 is 10.1 Å². The topological polar surface area (TPSA) is 88.2 Å². The van der Waals surface area contributed by atoms with E-state index in [-0.39, 0.29) is 17.4 Å². The Labute approximate surface area is 168 Å². The maximum Gasteiger partial charge on any atom is 0.442 e. The number of hydrogen-bond donors (Lipinski definition) is 2. The quantitative estimate of drug-likeness (QED) is 0.449. The van der Waals surface area contributed by atoms with Crippen molar-refractivity contribution in [3.8, 4) is 11.4 Å². The zero-order chi connectivity index (χ0) is 20.1. The molecule has 0 bridgehead atoms. The van der Waals surface area contributed by atoms with E-state index in [2.05, 4.69) is 10.6 Å². The number of carbonyl (C=O) groups is 1. The summed E-state index contributed by atoms with van der Waals surface area (Å²) in [6.45, 7) is 0. The molecule has 1 amide bonds. The van der Waals surface area contributed by atoms with Gasteiger partial charge in [-0.05, 0) is 52.0 Å². The molecular weight excluding hydrogens is 409 g/mol. The predicted octanol–water partition coefficient (Wildman–Crippen LogP) is 3.17. The Bertz CT molecular complexity index is 1040. The van der Waals surface area contributed by atoms with Crippen molar-refractivity contribution < 1.29 is 23.1 Å². The van der Waals surface area contributed by atoms with Gasteiger partial charge in [0.05, 0.1) is 12.1 Å². The van der Waals surface area contributed by atoms with Crippen molar-refractivity contribution in [2.24, 2.45) is 0 Å². The molecule has 0 radical (unpaired) electrons. The Morgan fingerprint density at radius 3 is 2.75 bits per heavy atom. The van der Waals surface area contributed by atoms with E-state index in [1.165, 1.54) is 34.6 Å². The Kier molecular flexibility index (Phi) is 6.37. The van der Waals surface area contributed by atoms with Crippen molar-refractivity contribution in [1.29, 1.82) is 0 Å². The fourth-order valence-corrected chi connectivity index (χ4v) is 3.42. The molecule has 0 saturated carbocycles. The maximum atomic E-state index is 13.2. The first kappa shape index (κ1) is 20.0. The summed E-state index contributed by atoms with van der Waals surface area (Å²) in [7, 11) is 1.56. The van der Waals surface area contributed by atoms with E-state index >= 15 is 0 Å². The molecule has 3 rings (SSSR count). The first-order valence-electron chi connectivity index (χ1n) is 8.13. The van der Waals surface area contributed by atoms with Crippen LogP contribution in [0.1, 0.15) is 6.42 Å². The number of amides is 1. The molecule has 0 aliphatic carbocycles. The number of carbonyl (C=O) groups excluding carboxylic acids is 1. The number of nitrogens with one attached hydrogen (secondary N) is 2. The van der Waals surface area contributed by atoms with E-state index in [9.17, 15) is 14.0 Å². The number of hydrogen-bond acceptors (Lipinski definition) is 5. The smallest absolute Gasteiger partial charge is 0.442 e. The number of ether oxygens (including phenoxy) is 1. The second-order valence-electron chi connectivity index (χ2n) is 5.59.